The van der Waals surface area contributed by atoms with E-state index in [2.05, 4.69) is 5.32 Å². The van der Waals surface area contributed by atoms with Gasteiger partial charge in [-0.2, -0.15) is 0 Å². The number of rotatable bonds is 9. The van der Waals surface area contributed by atoms with Crippen molar-refractivity contribution >= 4 is 27.5 Å². The number of thiophene rings is 1. The minimum Gasteiger partial charge on any atom is -0.497 e. The third kappa shape index (κ3) is 5.04. The van der Waals surface area contributed by atoms with Gasteiger partial charge in [-0.3, -0.25) is 18.7 Å². The van der Waals surface area contributed by atoms with E-state index in [0.29, 0.717) is 23.4 Å². The highest BCUT2D eigenvalue weighted by molar-refractivity contribution is 7.17. The summed E-state index contributed by atoms with van der Waals surface area (Å²) in [6, 6.07) is 16.3. The van der Waals surface area contributed by atoms with Crippen molar-refractivity contribution < 1.29 is 14.3 Å². The lowest BCUT2D eigenvalue weighted by Crippen LogP contribution is -2.42. The maximum atomic E-state index is 13.3. The third-order valence-corrected chi connectivity index (χ3v) is 6.25. The molecule has 0 bridgehead atoms. The number of carbonyl (C=O) groups excluding carboxylic acids is 1. The largest absolute Gasteiger partial charge is 0.497 e. The number of hydrogen-bond acceptors (Lipinski definition) is 6. The highest BCUT2D eigenvalue weighted by atomic mass is 32.1. The summed E-state index contributed by atoms with van der Waals surface area (Å²) in [6.07, 6.45) is 0. The number of methoxy groups -OCH3 is 1. The predicted octanol–water partition coefficient (Wildman–Crippen LogP) is 3.00. The standard InChI is InChI=1S/C25H25N3O5S/c1-3-33-20-10-6-18(7-11-20)15-28-24(30)23-21(12-13-34-23)27(25(28)31)16-22(29)26-14-17-4-8-19(32-2)9-5-17/h4-13H,3,14-16H2,1-2H3,(H,26,29). The summed E-state index contributed by atoms with van der Waals surface area (Å²) in [5, 5.41) is 4.58. The molecule has 1 N–H and O–H groups in total. The van der Waals surface area contributed by atoms with Crippen LogP contribution in [0.5, 0.6) is 11.5 Å². The topological polar surface area (TPSA) is 91.6 Å². The van der Waals surface area contributed by atoms with Crippen LogP contribution in [0.3, 0.4) is 0 Å². The Kier molecular flexibility index (Phi) is 7.12. The van der Waals surface area contributed by atoms with E-state index in [4.69, 9.17) is 9.47 Å². The Hall–Kier alpha value is -3.85. The first-order chi connectivity index (χ1) is 16.5. The number of aromatic nitrogens is 2. The summed E-state index contributed by atoms with van der Waals surface area (Å²) < 4.78 is 13.6. The van der Waals surface area contributed by atoms with Crippen LogP contribution in [-0.2, 0) is 24.4 Å². The zero-order chi connectivity index (χ0) is 24.1. The van der Waals surface area contributed by atoms with Gasteiger partial charge in [0.15, 0.2) is 0 Å². The van der Waals surface area contributed by atoms with E-state index in [0.717, 1.165) is 22.6 Å². The van der Waals surface area contributed by atoms with Crippen molar-refractivity contribution in [1.82, 2.24) is 14.5 Å². The molecule has 34 heavy (non-hydrogen) atoms. The van der Waals surface area contributed by atoms with Gasteiger partial charge in [-0.15, -0.1) is 11.3 Å². The molecule has 0 saturated carbocycles. The summed E-state index contributed by atoms with van der Waals surface area (Å²) in [7, 11) is 1.59. The maximum Gasteiger partial charge on any atom is 0.332 e. The molecule has 2 heterocycles. The number of nitrogens with zero attached hydrogens (tertiary/aromatic N) is 2. The fourth-order valence-corrected chi connectivity index (χ4v) is 4.45. The van der Waals surface area contributed by atoms with Crippen molar-refractivity contribution in [2.45, 2.75) is 26.6 Å². The summed E-state index contributed by atoms with van der Waals surface area (Å²) in [6.45, 7) is 2.69. The van der Waals surface area contributed by atoms with Crippen LogP contribution in [-0.4, -0.2) is 28.8 Å². The molecule has 0 radical (unpaired) electrons. The molecule has 0 aliphatic carbocycles. The third-order valence-electron chi connectivity index (χ3n) is 5.36. The van der Waals surface area contributed by atoms with Gasteiger partial charge in [-0.05, 0) is 53.8 Å². The number of carbonyl (C=O) groups is 1. The van der Waals surface area contributed by atoms with Crippen LogP contribution in [0.1, 0.15) is 18.1 Å². The molecular formula is C25H25N3O5S. The first kappa shape index (κ1) is 23.3. The molecule has 0 atom stereocenters. The summed E-state index contributed by atoms with van der Waals surface area (Å²) >= 11 is 1.25. The van der Waals surface area contributed by atoms with Gasteiger partial charge in [0.25, 0.3) is 5.56 Å². The molecule has 0 spiro atoms. The zero-order valence-corrected chi connectivity index (χ0v) is 19.8. The molecule has 0 aliphatic rings. The van der Waals surface area contributed by atoms with Gasteiger partial charge in [-0.25, -0.2) is 4.79 Å². The summed E-state index contributed by atoms with van der Waals surface area (Å²) in [5.74, 6) is 1.13. The van der Waals surface area contributed by atoms with Gasteiger partial charge in [0, 0.05) is 6.54 Å². The van der Waals surface area contributed by atoms with Gasteiger partial charge in [0.2, 0.25) is 5.91 Å². The Morgan fingerprint density at radius 1 is 0.941 bits per heavy atom. The van der Waals surface area contributed by atoms with E-state index in [9.17, 15) is 14.4 Å². The van der Waals surface area contributed by atoms with Crippen molar-refractivity contribution in [3.05, 3.63) is 91.9 Å². The molecule has 1 amide bonds. The average molecular weight is 480 g/mol. The predicted molar refractivity (Wildman–Crippen MR) is 132 cm³/mol. The molecule has 9 heteroatoms. The molecule has 176 valence electrons. The average Bonchev–Trinajstić information content (AvgIpc) is 3.35. The molecular weight excluding hydrogens is 454 g/mol. The van der Waals surface area contributed by atoms with Crippen molar-refractivity contribution in [3.63, 3.8) is 0 Å². The van der Waals surface area contributed by atoms with Gasteiger partial charge >= 0.3 is 5.69 Å². The molecule has 0 aliphatic heterocycles. The van der Waals surface area contributed by atoms with Crippen LogP contribution in [0.25, 0.3) is 10.2 Å². The first-order valence-corrected chi connectivity index (χ1v) is 11.7. The highest BCUT2D eigenvalue weighted by Gasteiger charge is 2.17. The first-order valence-electron chi connectivity index (χ1n) is 10.8. The summed E-state index contributed by atoms with van der Waals surface area (Å²) in [4.78, 5) is 39.0. The molecule has 8 nitrogen and oxygen atoms in total. The Morgan fingerprint density at radius 3 is 2.29 bits per heavy atom. The fraction of sp³-hybridized carbons (Fsp3) is 0.240. The van der Waals surface area contributed by atoms with Gasteiger partial charge < -0.3 is 14.8 Å². The van der Waals surface area contributed by atoms with Crippen LogP contribution < -0.4 is 26.0 Å². The van der Waals surface area contributed by atoms with Crippen LogP contribution in [0, 0.1) is 0 Å². The summed E-state index contributed by atoms with van der Waals surface area (Å²) in [5.41, 5.74) is 1.27. The zero-order valence-electron chi connectivity index (χ0n) is 18.9. The monoisotopic (exact) mass is 479 g/mol. The van der Waals surface area contributed by atoms with Crippen LogP contribution in [0.2, 0.25) is 0 Å². The van der Waals surface area contributed by atoms with E-state index in [1.54, 1.807) is 30.7 Å². The van der Waals surface area contributed by atoms with Crippen LogP contribution >= 0.6 is 11.3 Å². The Labute approximate surface area is 200 Å². The normalized spacial score (nSPS) is 10.9. The highest BCUT2D eigenvalue weighted by Crippen LogP contribution is 2.17. The number of amides is 1. The Bertz CT molecular complexity index is 1400. The van der Waals surface area contributed by atoms with Gasteiger partial charge in [0.1, 0.15) is 22.7 Å². The lowest BCUT2D eigenvalue weighted by molar-refractivity contribution is -0.121. The molecule has 0 fully saturated rings. The number of fused-ring (bicyclic) bond motifs is 1. The number of hydrogen-bond donors (Lipinski definition) is 1. The van der Waals surface area contributed by atoms with Gasteiger partial charge in [-0.1, -0.05) is 24.3 Å². The van der Waals surface area contributed by atoms with Crippen molar-refractivity contribution in [1.29, 1.82) is 0 Å². The second kappa shape index (κ2) is 10.4. The SMILES string of the molecule is CCOc1ccc(Cn2c(=O)c3sccc3n(CC(=O)NCc3ccc(OC)cc3)c2=O)cc1. The van der Waals surface area contributed by atoms with E-state index in [1.165, 1.54) is 20.5 Å². The number of ether oxygens (including phenoxy) is 2. The second-order valence-electron chi connectivity index (χ2n) is 7.60. The molecule has 4 aromatic rings. The lowest BCUT2D eigenvalue weighted by Gasteiger charge is -2.13. The molecule has 4 rings (SSSR count). The maximum absolute atomic E-state index is 13.3. The second-order valence-corrected chi connectivity index (χ2v) is 8.51. The molecule has 2 aromatic heterocycles. The van der Waals surface area contributed by atoms with Gasteiger partial charge in [0.05, 0.1) is 25.8 Å². The molecule has 0 saturated heterocycles. The van der Waals surface area contributed by atoms with E-state index < -0.39 is 5.69 Å². The number of benzene rings is 2. The smallest absolute Gasteiger partial charge is 0.332 e. The van der Waals surface area contributed by atoms with Crippen molar-refractivity contribution in [3.8, 4) is 11.5 Å². The van der Waals surface area contributed by atoms with Crippen molar-refractivity contribution in [2.75, 3.05) is 13.7 Å². The quantitative estimate of drug-likeness (QED) is 0.399. The number of nitrogens with one attached hydrogen (secondary N) is 1. The minimum absolute atomic E-state index is 0.103. The molecule has 2 aromatic carbocycles. The van der Waals surface area contributed by atoms with E-state index in [1.807, 2.05) is 43.3 Å². The Morgan fingerprint density at radius 2 is 1.62 bits per heavy atom. The molecule has 0 unspecified atom stereocenters. The van der Waals surface area contributed by atoms with Crippen LogP contribution in [0.15, 0.2) is 69.6 Å². The minimum atomic E-state index is -0.524. The van der Waals surface area contributed by atoms with Crippen LogP contribution in [0.4, 0.5) is 0 Å². The van der Waals surface area contributed by atoms with E-state index in [-0.39, 0.29) is 24.6 Å². The van der Waals surface area contributed by atoms with Crippen molar-refractivity contribution in [2.24, 2.45) is 0 Å². The fourth-order valence-electron chi connectivity index (χ4n) is 3.61. The lowest BCUT2D eigenvalue weighted by atomic mass is 10.2. The Balaban J connectivity index is 1.57. The van der Waals surface area contributed by atoms with E-state index >= 15 is 0 Å².